The summed E-state index contributed by atoms with van der Waals surface area (Å²) in [6.45, 7) is 8.67. The summed E-state index contributed by atoms with van der Waals surface area (Å²) >= 11 is 0. The second-order valence-electron chi connectivity index (χ2n) is 8.59. The molecule has 4 rings (SSSR count). The number of piperidine rings is 1. The molecule has 0 spiro atoms. The molecule has 0 aliphatic carbocycles. The molecule has 154 valence electrons. The Morgan fingerprint density at radius 1 is 1.14 bits per heavy atom. The molecule has 0 amide bonds. The Bertz CT molecular complexity index is 936. The van der Waals surface area contributed by atoms with Gasteiger partial charge in [0.05, 0.1) is 16.7 Å². The third kappa shape index (κ3) is 4.85. The number of pyridine rings is 1. The van der Waals surface area contributed by atoms with Gasteiger partial charge in [-0.25, -0.2) is 4.98 Å². The molecule has 1 aromatic carbocycles. The van der Waals surface area contributed by atoms with Gasteiger partial charge in [0, 0.05) is 18.3 Å². The molecule has 1 aliphatic rings. The molecular weight excluding hydrogens is 358 g/mol. The highest BCUT2D eigenvalue weighted by molar-refractivity contribution is 5.83. The zero-order chi connectivity index (χ0) is 20.2. The molecule has 3 aromatic rings. The third-order valence-electron chi connectivity index (χ3n) is 6.39. The molecule has 0 radical (unpaired) electrons. The predicted octanol–water partition coefficient (Wildman–Crippen LogP) is 4.45. The van der Waals surface area contributed by atoms with E-state index < -0.39 is 0 Å². The molecule has 2 aromatic heterocycles. The van der Waals surface area contributed by atoms with Gasteiger partial charge in [0.1, 0.15) is 5.82 Å². The van der Waals surface area contributed by atoms with E-state index in [4.69, 9.17) is 4.98 Å². The molecule has 2 N–H and O–H groups in total. The maximum Gasteiger partial charge on any atom is 0.140 e. The average molecular weight is 392 g/mol. The van der Waals surface area contributed by atoms with E-state index in [1.165, 1.54) is 49.9 Å². The van der Waals surface area contributed by atoms with Gasteiger partial charge in [0.25, 0.3) is 0 Å². The van der Waals surface area contributed by atoms with Crippen LogP contribution in [0.4, 0.5) is 0 Å². The Morgan fingerprint density at radius 2 is 1.97 bits per heavy atom. The summed E-state index contributed by atoms with van der Waals surface area (Å²) in [6.07, 6.45) is 7.25. The van der Waals surface area contributed by atoms with Crippen LogP contribution in [0.3, 0.4) is 0 Å². The lowest BCUT2D eigenvalue weighted by Crippen LogP contribution is -2.30. The van der Waals surface area contributed by atoms with Crippen LogP contribution in [0, 0.1) is 19.8 Å². The van der Waals surface area contributed by atoms with Crippen molar-refractivity contribution in [2.45, 2.75) is 46.1 Å². The number of fused-ring (bicyclic) bond motifs is 1. The van der Waals surface area contributed by atoms with Crippen molar-refractivity contribution in [3.05, 3.63) is 47.3 Å². The van der Waals surface area contributed by atoms with Crippen LogP contribution in [-0.4, -0.2) is 46.5 Å². The highest BCUT2D eigenvalue weighted by Crippen LogP contribution is 2.24. The SMILES string of the molecule is Cc1ccc2[nH]c(-c3ccc(CNCCCC4CCN(C)CC4)nc3)nc2c1C. The van der Waals surface area contributed by atoms with Gasteiger partial charge in [-0.05, 0) is 101 Å². The van der Waals surface area contributed by atoms with Gasteiger partial charge in [0.2, 0.25) is 0 Å². The molecule has 0 saturated carbocycles. The maximum atomic E-state index is 4.79. The quantitative estimate of drug-likeness (QED) is 0.584. The number of aryl methyl sites for hydroxylation is 2. The van der Waals surface area contributed by atoms with Crippen LogP contribution in [-0.2, 0) is 6.54 Å². The summed E-state index contributed by atoms with van der Waals surface area (Å²) in [4.78, 5) is 15.3. The number of likely N-dealkylation sites (tertiary alicyclic amines) is 1. The van der Waals surface area contributed by atoms with E-state index >= 15 is 0 Å². The topological polar surface area (TPSA) is 56.8 Å². The Hall–Kier alpha value is -2.24. The number of aromatic amines is 1. The molecule has 29 heavy (non-hydrogen) atoms. The first-order valence-corrected chi connectivity index (χ1v) is 10.9. The van der Waals surface area contributed by atoms with E-state index in [0.717, 1.165) is 47.1 Å². The second kappa shape index (κ2) is 9.06. The van der Waals surface area contributed by atoms with Gasteiger partial charge in [-0.15, -0.1) is 0 Å². The summed E-state index contributed by atoms with van der Waals surface area (Å²) in [5.41, 5.74) is 6.75. The molecule has 1 fully saturated rings. The summed E-state index contributed by atoms with van der Waals surface area (Å²) in [5, 5.41) is 3.55. The average Bonchev–Trinajstić information content (AvgIpc) is 3.17. The first-order chi connectivity index (χ1) is 14.1. The molecule has 3 heterocycles. The lowest BCUT2D eigenvalue weighted by atomic mass is 9.92. The molecule has 5 nitrogen and oxygen atoms in total. The smallest absolute Gasteiger partial charge is 0.140 e. The fourth-order valence-corrected chi connectivity index (χ4v) is 4.20. The lowest BCUT2D eigenvalue weighted by molar-refractivity contribution is 0.210. The summed E-state index contributed by atoms with van der Waals surface area (Å²) in [6, 6.07) is 8.46. The summed E-state index contributed by atoms with van der Waals surface area (Å²) < 4.78 is 0. The van der Waals surface area contributed by atoms with E-state index in [2.05, 4.69) is 65.3 Å². The molecule has 5 heteroatoms. The van der Waals surface area contributed by atoms with Crippen molar-refractivity contribution in [3.8, 4) is 11.4 Å². The van der Waals surface area contributed by atoms with Gasteiger partial charge in [0.15, 0.2) is 0 Å². The predicted molar refractivity (Wildman–Crippen MR) is 120 cm³/mol. The highest BCUT2D eigenvalue weighted by atomic mass is 15.1. The molecule has 0 unspecified atom stereocenters. The minimum absolute atomic E-state index is 0.826. The van der Waals surface area contributed by atoms with Gasteiger partial charge in [-0.1, -0.05) is 6.07 Å². The van der Waals surface area contributed by atoms with Crippen LogP contribution in [0.2, 0.25) is 0 Å². The van der Waals surface area contributed by atoms with Crippen molar-refractivity contribution in [1.29, 1.82) is 0 Å². The number of nitrogens with one attached hydrogen (secondary N) is 2. The number of rotatable bonds is 7. The molecule has 0 atom stereocenters. The fourth-order valence-electron chi connectivity index (χ4n) is 4.20. The van der Waals surface area contributed by atoms with Crippen molar-refractivity contribution in [3.63, 3.8) is 0 Å². The third-order valence-corrected chi connectivity index (χ3v) is 6.39. The van der Waals surface area contributed by atoms with Crippen molar-refractivity contribution in [2.75, 3.05) is 26.7 Å². The highest BCUT2D eigenvalue weighted by Gasteiger charge is 2.15. The van der Waals surface area contributed by atoms with Crippen LogP contribution in [0.25, 0.3) is 22.4 Å². The minimum Gasteiger partial charge on any atom is -0.338 e. The van der Waals surface area contributed by atoms with E-state index in [9.17, 15) is 0 Å². The zero-order valence-corrected chi connectivity index (χ0v) is 18.0. The number of hydrogen-bond acceptors (Lipinski definition) is 4. The monoisotopic (exact) mass is 391 g/mol. The van der Waals surface area contributed by atoms with E-state index in [1.54, 1.807) is 0 Å². The van der Waals surface area contributed by atoms with Gasteiger partial charge in [-0.2, -0.15) is 0 Å². The van der Waals surface area contributed by atoms with Crippen molar-refractivity contribution >= 4 is 11.0 Å². The number of hydrogen-bond donors (Lipinski definition) is 2. The first-order valence-electron chi connectivity index (χ1n) is 10.9. The van der Waals surface area contributed by atoms with Crippen molar-refractivity contribution < 1.29 is 0 Å². The maximum absolute atomic E-state index is 4.79. The van der Waals surface area contributed by atoms with Crippen LogP contribution in [0.1, 0.15) is 42.5 Å². The molecule has 1 aliphatic heterocycles. The lowest BCUT2D eigenvalue weighted by Gasteiger charge is -2.28. The van der Waals surface area contributed by atoms with Gasteiger partial charge >= 0.3 is 0 Å². The number of nitrogens with zero attached hydrogens (tertiary/aromatic N) is 3. The second-order valence-corrected chi connectivity index (χ2v) is 8.59. The number of imidazole rings is 1. The zero-order valence-electron chi connectivity index (χ0n) is 18.0. The largest absolute Gasteiger partial charge is 0.338 e. The Labute approximate surface area is 174 Å². The van der Waals surface area contributed by atoms with E-state index in [0.29, 0.717) is 0 Å². The number of benzene rings is 1. The van der Waals surface area contributed by atoms with Gasteiger partial charge < -0.3 is 15.2 Å². The molecule has 1 saturated heterocycles. The molecular formula is C24H33N5. The first kappa shape index (κ1) is 20.0. The van der Waals surface area contributed by atoms with Crippen LogP contribution in [0.5, 0.6) is 0 Å². The fraction of sp³-hybridized carbons (Fsp3) is 0.500. The summed E-state index contributed by atoms with van der Waals surface area (Å²) in [7, 11) is 2.23. The Morgan fingerprint density at radius 3 is 2.72 bits per heavy atom. The van der Waals surface area contributed by atoms with E-state index in [1.807, 2.05) is 6.20 Å². The Balaban J connectivity index is 1.27. The van der Waals surface area contributed by atoms with Gasteiger partial charge in [-0.3, -0.25) is 4.98 Å². The molecule has 0 bridgehead atoms. The summed E-state index contributed by atoms with van der Waals surface area (Å²) in [5.74, 6) is 1.81. The Kier molecular flexibility index (Phi) is 6.26. The van der Waals surface area contributed by atoms with E-state index in [-0.39, 0.29) is 0 Å². The van der Waals surface area contributed by atoms with Crippen molar-refractivity contribution in [2.24, 2.45) is 5.92 Å². The minimum atomic E-state index is 0.826. The normalized spacial score (nSPS) is 16.0. The number of aromatic nitrogens is 3. The van der Waals surface area contributed by atoms with Crippen LogP contribution in [0.15, 0.2) is 30.5 Å². The number of H-pyrrole nitrogens is 1. The van der Waals surface area contributed by atoms with Crippen LogP contribution >= 0.6 is 0 Å². The van der Waals surface area contributed by atoms with Crippen molar-refractivity contribution in [1.82, 2.24) is 25.2 Å². The van der Waals surface area contributed by atoms with Crippen LogP contribution < -0.4 is 5.32 Å². The standard InChI is InChI=1S/C24H33N5/c1-17-6-9-22-23(18(17)2)28-24(27-22)20-7-8-21(26-15-20)16-25-12-4-5-19-10-13-29(3)14-11-19/h6-9,15,19,25H,4-5,10-14,16H2,1-3H3,(H,27,28).